The maximum Gasteiger partial charge on any atom is 0.171 e. The maximum absolute atomic E-state index is 14.3. The van der Waals surface area contributed by atoms with Gasteiger partial charge in [-0.1, -0.05) is 24.3 Å². The number of anilines is 1. The molecule has 138 valence electrons. The number of ether oxygens (including phenoxy) is 2. The van der Waals surface area contributed by atoms with E-state index in [0.717, 1.165) is 42.7 Å². The Morgan fingerprint density at radius 3 is 2.37 bits per heavy atom. The van der Waals surface area contributed by atoms with Crippen LogP contribution in [0.25, 0.3) is 22.3 Å². The number of hydrogen-bond acceptors (Lipinski definition) is 5. The van der Waals surface area contributed by atoms with Gasteiger partial charge in [0.15, 0.2) is 11.6 Å². The van der Waals surface area contributed by atoms with Gasteiger partial charge in [0.05, 0.1) is 24.3 Å². The largest absolute Gasteiger partial charge is 0.356 e. The van der Waals surface area contributed by atoms with Crippen molar-refractivity contribution >= 4 is 16.7 Å². The molecule has 27 heavy (non-hydrogen) atoms. The Bertz CT molecular complexity index is 978. The molecule has 3 aromatic rings. The van der Waals surface area contributed by atoms with Gasteiger partial charge >= 0.3 is 0 Å². The third kappa shape index (κ3) is 2.95. The number of piperidine rings is 1. The van der Waals surface area contributed by atoms with Gasteiger partial charge in [-0.2, -0.15) is 0 Å². The van der Waals surface area contributed by atoms with Crippen LogP contribution in [0.4, 0.5) is 10.2 Å². The van der Waals surface area contributed by atoms with Crippen LogP contribution in [0.15, 0.2) is 48.5 Å². The summed E-state index contributed by atoms with van der Waals surface area (Å²) < 4.78 is 26.0. The highest BCUT2D eigenvalue weighted by molar-refractivity contribution is 5.91. The molecule has 2 aromatic carbocycles. The number of nitrogens with zero attached hydrogens (tertiary/aromatic N) is 3. The topological polar surface area (TPSA) is 47.5 Å². The zero-order valence-corrected chi connectivity index (χ0v) is 14.9. The first-order valence-electron chi connectivity index (χ1n) is 9.29. The average molecular weight is 365 g/mol. The molecule has 1 spiro atoms. The highest BCUT2D eigenvalue weighted by atomic mass is 19.1. The molecule has 2 aliphatic rings. The molecule has 0 unspecified atom stereocenters. The Hall–Kier alpha value is -2.57. The molecule has 6 heteroatoms. The van der Waals surface area contributed by atoms with E-state index in [4.69, 9.17) is 14.5 Å². The van der Waals surface area contributed by atoms with Crippen molar-refractivity contribution < 1.29 is 13.9 Å². The molecular weight excluding hydrogens is 345 g/mol. The van der Waals surface area contributed by atoms with Crippen molar-refractivity contribution in [1.29, 1.82) is 0 Å². The molecule has 0 bridgehead atoms. The van der Waals surface area contributed by atoms with Crippen molar-refractivity contribution in [2.45, 2.75) is 18.6 Å². The van der Waals surface area contributed by atoms with Crippen LogP contribution in [-0.4, -0.2) is 42.1 Å². The SMILES string of the molecule is Fc1ccccc1-c1nc(N2CCC3(CC2)OCCO3)c2ccccc2n1. The first kappa shape index (κ1) is 16.6. The lowest BCUT2D eigenvalue weighted by atomic mass is 10.0. The summed E-state index contributed by atoms with van der Waals surface area (Å²) >= 11 is 0. The number of benzene rings is 2. The molecule has 0 amide bonds. The Morgan fingerprint density at radius 2 is 1.59 bits per heavy atom. The first-order valence-corrected chi connectivity index (χ1v) is 9.29. The van der Waals surface area contributed by atoms with Gasteiger partial charge in [-0.15, -0.1) is 0 Å². The molecule has 2 aliphatic heterocycles. The van der Waals surface area contributed by atoms with Crippen LogP contribution >= 0.6 is 0 Å². The van der Waals surface area contributed by atoms with Gasteiger partial charge < -0.3 is 14.4 Å². The van der Waals surface area contributed by atoms with Gasteiger partial charge in [0.2, 0.25) is 0 Å². The van der Waals surface area contributed by atoms with E-state index in [1.165, 1.54) is 6.07 Å². The van der Waals surface area contributed by atoms with Crippen LogP contribution in [0.1, 0.15) is 12.8 Å². The summed E-state index contributed by atoms with van der Waals surface area (Å²) in [7, 11) is 0. The summed E-state index contributed by atoms with van der Waals surface area (Å²) in [6, 6.07) is 14.5. The van der Waals surface area contributed by atoms with Crippen molar-refractivity contribution in [3.05, 3.63) is 54.3 Å². The highest BCUT2D eigenvalue weighted by Gasteiger charge is 2.40. The van der Waals surface area contributed by atoms with Gasteiger partial charge in [0.25, 0.3) is 0 Å². The molecule has 2 fully saturated rings. The van der Waals surface area contributed by atoms with Crippen LogP contribution in [-0.2, 0) is 9.47 Å². The number of halogens is 1. The Kier molecular flexibility index (Phi) is 4.02. The fourth-order valence-corrected chi connectivity index (χ4v) is 3.91. The monoisotopic (exact) mass is 365 g/mol. The predicted molar refractivity (Wildman–Crippen MR) is 101 cm³/mol. The third-order valence-electron chi connectivity index (χ3n) is 5.34. The molecule has 3 heterocycles. The fraction of sp³-hybridized carbons (Fsp3) is 0.333. The number of rotatable bonds is 2. The maximum atomic E-state index is 14.3. The molecule has 2 saturated heterocycles. The molecule has 0 atom stereocenters. The van der Waals surface area contributed by atoms with Gasteiger partial charge in [-0.3, -0.25) is 0 Å². The van der Waals surface area contributed by atoms with E-state index in [1.54, 1.807) is 18.2 Å². The van der Waals surface area contributed by atoms with Crippen LogP contribution in [0, 0.1) is 5.82 Å². The van der Waals surface area contributed by atoms with E-state index in [1.807, 2.05) is 24.3 Å². The van der Waals surface area contributed by atoms with Crippen molar-refractivity contribution in [3.63, 3.8) is 0 Å². The van der Waals surface area contributed by atoms with E-state index < -0.39 is 5.79 Å². The van der Waals surface area contributed by atoms with Crippen LogP contribution < -0.4 is 4.90 Å². The minimum absolute atomic E-state index is 0.316. The lowest BCUT2D eigenvalue weighted by molar-refractivity contribution is -0.169. The quantitative estimate of drug-likeness (QED) is 0.692. The predicted octanol–water partition coefficient (Wildman–Crippen LogP) is 3.78. The number of fused-ring (bicyclic) bond motifs is 1. The molecule has 0 saturated carbocycles. The molecule has 0 radical (unpaired) electrons. The lowest BCUT2D eigenvalue weighted by Crippen LogP contribution is -2.45. The van der Waals surface area contributed by atoms with Crippen molar-refractivity contribution in [3.8, 4) is 11.4 Å². The number of hydrogen-bond donors (Lipinski definition) is 0. The number of aromatic nitrogens is 2. The first-order chi connectivity index (χ1) is 13.2. The van der Waals surface area contributed by atoms with Crippen molar-refractivity contribution in [1.82, 2.24) is 9.97 Å². The van der Waals surface area contributed by atoms with E-state index in [2.05, 4.69) is 9.88 Å². The smallest absolute Gasteiger partial charge is 0.171 e. The van der Waals surface area contributed by atoms with Crippen molar-refractivity contribution in [2.24, 2.45) is 0 Å². The van der Waals surface area contributed by atoms with Crippen LogP contribution in [0.2, 0.25) is 0 Å². The molecule has 5 rings (SSSR count). The van der Waals surface area contributed by atoms with Gasteiger partial charge in [0.1, 0.15) is 11.6 Å². The summed E-state index contributed by atoms with van der Waals surface area (Å²) in [6.07, 6.45) is 1.58. The summed E-state index contributed by atoms with van der Waals surface area (Å²) in [6.45, 7) is 2.87. The van der Waals surface area contributed by atoms with Gasteiger partial charge in [0, 0.05) is 31.3 Å². The summed E-state index contributed by atoms with van der Waals surface area (Å²) in [5.74, 6) is 0.500. The molecule has 1 aromatic heterocycles. The van der Waals surface area contributed by atoms with Crippen molar-refractivity contribution in [2.75, 3.05) is 31.2 Å². The molecule has 5 nitrogen and oxygen atoms in total. The highest BCUT2D eigenvalue weighted by Crippen LogP contribution is 2.35. The summed E-state index contributed by atoms with van der Waals surface area (Å²) in [5, 5.41) is 0.974. The average Bonchev–Trinajstić information content (AvgIpc) is 3.16. The van der Waals surface area contributed by atoms with Crippen LogP contribution in [0.3, 0.4) is 0 Å². The van der Waals surface area contributed by atoms with E-state index in [9.17, 15) is 4.39 Å². The van der Waals surface area contributed by atoms with Gasteiger partial charge in [-0.25, -0.2) is 14.4 Å². The Balaban J connectivity index is 1.56. The van der Waals surface area contributed by atoms with Crippen LogP contribution in [0.5, 0.6) is 0 Å². The number of para-hydroxylation sites is 1. The standard InChI is InChI=1S/C21H20FN3O2/c22-17-7-3-1-5-15(17)19-23-18-8-4-2-6-16(18)20(24-19)25-11-9-21(10-12-25)26-13-14-27-21/h1-8H,9-14H2. The zero-order chi connectivity index (χ0) is 18.3. The molecule has 0 aliphatic carbocycles. The summed E-state index contributed by atoms with van der Waals surface area (Å²) in [4.78, 5) is 11.6. The Morgan fingerprint density at radius 1 is 0.889 bits per heavy atom. The lowest BCUT2D eigenvalue weighted by Gasteiger charge is -2.38. The van der Waals surface area contributed by atoms with E-state index in [0.29, 0.717) is 24.6 Å². The zero-order valence-electron chi connectivity index (χ0n) is 14.9. The second-order valence-corrected chi connectivity index (χ2v) is 6.96. The van der Waals surface area contributed by atoms with E-state index in [-0.39, 0.29) is 5.82 Å². The molecule has 0 N–H and O–H groups in total. The second-order valence-electron chi connectivity index (χ2n) is 6.96. The molecular formula is C21H20FN3O2. The minimum atomic E-state index is -0.437. The minimum Gasteiger partial charge on any atom is -0.356 e. The third-order valence-corrected chi connectivity index (χ3v) is 5.34. The normalized spacial score (nSPS) is 19.1. The summed E-state index contributed by atoms with van der Waals surface area (Å²) in [5.41, 5.74) is 1.23. The second kappa shape index (κ2) is 6.55. The van der Waals surface area contributed by atoms with E-state index >= 15 is 0 Å². The van der Waals surface area contributed by atoms with Gasteiger partial charge in [-0.05, 0) is 24.3 Å². The Labute approximate surface area is 156 Å². The fourth-order valence-electron chi connectivity index (χ4n) is 3.91.